The van der Waals surface area contributed by atoms with Gasteiger partial charge < -0.3 is 103 Å². The van der Waals surface area contributed by atoms with Crippen molar-refractivity contribution < 1.29 is 92.9 Å². The van der Waals surface area contributed by atoms with E-state index in [0.717, 1.165) is 30.6 Å². The van der Waals surface area contributed by atoms with Crippen LogP contribution in [0.15, 0.2) is 66.6 Å². The van der Waals surface area contributed by atoms with E-state index in [1.54, 1.807) is 61.7 Å². The van der Waals surface area contributed by atoms with Crippen molar-refractivity contribution in [2.24, 2.45) is 11.7 Å². The van der Waals surface area contributed by atoms with Gasteiger partial charge in [-0.05, 0) is 63.3 Å². The number of nitrogens with two attached hydrogens (primary N) is 1. The third kappa shape index (κ3) is 16.2. The first-order valence-electron chi connectivity index (χ1n) is 29.4. The summed E-state index contributed by atoms with van der Waals surface area (Å²) < 4.78 is 5.75. The van der Waals surface area contributed by atoms with Gasteiger partial charge in [0.1, 0.15) is 60.1 Å². The van der Waals surface area contributed by atoms with Crippen LogP contribution in [-0.4, -0.2) is 233 Å². The number of benzene rings is 2. The minimum absolute atomic E-state index is 0.166. The number of fused-ring (bicyclic) bond motifs is 4. The van der Waals surface area contributed by atoms with Gasteiger partial charge in [0.05, 0.1) is 44.0 Å². The lowest BCUT2D eigenvalue weighted by Gasteiger charge is -2.33. The number of hydrogen-bond donors (Lipinski definition) is 17. The quantitative estimate of drug-likeness (QED) is 0.0440. The molecule has 0 saturated carbocycles. The lowest BCUT2D eigenvalue weighted by molar-refractivity contribution is -0.162. The highest BCUT2D eigenvalue weighted by molar-refractivity contribution is 6.07. The molecule has 2 aromatic carbocycles. The van der Waals surface area contributed by atoms with E-state index in [0.29, 0.717) is 32.9 Å². The zero-order valence-electron chi connectivity index (χ0n) is 50.5. The van der Waals surface area contributed by atoms with E-state index >= 15 is 9.59 Å². The normalized spacial score (nSPS) is 27.0. The number of aromatic amines is 2. The van der Waals surface area contributed by atoms with E-state index in [1.807, 2.05) is 0 Å². The zero-order valence-corrected chi connectivity index (χ0v) is 50.5. The summed E-state index contributed by atoms with van der Waals surface area (Å²) in [5.74, 6) is -16.4. The number of nitrogens with one attached hydrogen (secondary N) is 10. The molecule has 3 aliphatic heterocycles. The Bertz CT molecular complexity index is 3460. The third-order valence-corrected chi connectivity index (χ3v) is 16.2. The Labute approximate surface area is 519 Å². The Kier molecular flexibility index (Phi) is 22.8. The molecule has 4 aromatic rings. The van der Waals surface area contributed by atoms with Gasteiger partial charge in [0.2, 0.25) is 53.2 Å². The predicted molar refractivity (Wildman–Crippen MR) is 319 cm³/mol. The number of ether oxygens (including phenoxy) is 1. The van der Waals surface area contributed by atoms with Crippen molar-refractivity contribution in [1.29, 1.82) is 0 Å². The number of nitrogens with zero attached hydrogens (tertiary/aromatic N) is 2. The molecule has 3 aliphatic rings. The average molecular weight is 1270 g/mol. The highest BCUT2D eigenvalue weighted by Gasteiger charge is 2.48. The number of hydrogen-bond acceptors (Lipinski definition) is 19. The maximum atomic E-state index is 15.4. The number of aliphatic hydroxyl groups excluding tert-OH is 5. The van der Waals surface area contributed by atoms with Gasteiger partial charge >= 0.3 is 11.9 Å². The molecule has 0 bridgehead atoms. The number of cyclic esters (lactones) is 1. The first-order valence-corrected chi connectivity index (χ1v) is 29.4. The third-order valence-electron chi connectivity index (χ3n) is 16.2. The highest BCUT2D eigenvalue weighted by atomic mass is 16.5. The second-order valence-electron chi connectivity index (χ2n) is 23.1. The molecule has 3 fully saturated rings. The van der Waals surface area contributed by atoms with Crippen molar-refractivity contribution in [2.75, 3.05) is 26.2 Å². The van der Waals surface area contributed by atoms with E-state index in [4.69, 9.17) is 10.5 Å². The number of para-hydroxylation sites is 2. The van der Waals surface area contributed by atoms with Gasteiger partial charge in [-0.2, -0.15) is 0 Å². The molecule has 10 amide bonds. The van der Waals surface area contributed by atoms with Crippen LogP contribution in [0, 0.1) is 5.92 Å². The molecule has 5 heterocycles. The van der Waals surface area contributed by atoms with Gasteiger partial charge in [-0.3, -0.25) is 52.7 Å². The molecule has 492 valence electrons. The van der Waals surface area contributed by atoms with E-state index in [9.17, 15) is 78.6 Å². The first-order chi connectivity index (χ1) is 43.0. The molecule has 7 rings (SSSR count). The maximum Gasteiger partial charge on any atom is 0.331 e. The number of H-pyrrole nitrogens is 2. The van der Waals surface area contributed by atoms with Crippen molar-refractivity contribution in [2.45, 2.75) is 152 Å². The number of rotatable bonds is 13. The fourth-order valence-corrected chi connectivity index (χ4v) is 10.9. The van der Waals surface area contributed by atoms with E-state index < -0.39 is 200 Å². The number of esters is 1. The Morgan fingerprint density at radius 3 is 1.95 bits per heavy atom. The van der Waals surface area contributed by atoms with Crippen LogP contribution >= 0.6 is 0 Å². The summed E-state index contributed by atoms with van der Waals surface area (Å²) in [6.07, 6.45) is -5.71. The Hall–Kier alpha value is -9.34. The van der Waals surface area contributed by atoms with Crippen LogP contribution in [0.25, 0.3) is 27.9 Å². The number of aliphatic hydroxyl groups is 5. The molecular formula is C59H77N13O19. The molecule has 3 unspecified atom stereocenters. The number of amides is 10. The fraction of sp³-hybridized carbons (Fsp3) is 0.492. The summed E-state index contributed by atoms with van der Waals surface area (Å²) in [6, 6.07) is -2.95. The molecule has 32 heteroatoms. The lowest BCUT2D eigenvalue weighted by atomic mass is 9.91. The second-order valence-corrected chi connectivity index (χ2v) is 23.1. The molecule has 0 aliphatic carbocycles. The SMILES string of the molecule is CC(C)[C@H](O)C1NC(=O)[C@@H]2[C@@H](O)CCN2C(=O)CNC(=O)[C@H](C)NC(=O)[C@H]([C@H](C)O)NC(=O)C(NC(=O)[C@H](CO)NC(=O)C[C@H](N)C(=O)O)[C@H](C)OC(=O)[C@H]2[C@@H](O)CCN2C(=O)/C(=C/c2c[nH]c3ccccc23)NC(=O)[C@@H](C(C)c2c[nH]c3ccccc23)NC1=O. The van der Waals surface area contributed by atoms with Crippen molar-refractivity contribution in [3.05, 3.63) is 77.7 Å². The smallest absolute Gasteiger partial charge is 0.331 e. The fourth-order valence-electron chi connectivity index (χ4n) is 10.9. The average Bonchev–Trinajstić information content (AvgIpc) is 1.99. The zero-order chi connectivity index (χ0) is 66.9. The van der Waals surface area contributed by atoms with E-state index in [2.05, 4.69) is 52.5 Å². The molecule has 2 aromatic heterocycles. The number of carbonyl (C=O) groups is 12. The second kappa shape index (κ2) is 30.0. The van der Waals surface area contributed by atoms with Crippen molar-refractivity contribution in [3.8, 4) is 0 Å². The number of aliphatic carboxylic acids is 1. The Balaban J connectivity index is 1.33. The summed E-state index contributed by atoms with van der Waals surface area (Å²) in [7, 11) is 0. The monoisotopic (exact) mass is 1270 g/mol. The van der Waals surface area contributed by atoms with Gasteiger partial charge in [-0.15, -0.1) is 0 Å². The van der Waals surface area contributed by atoms with Crippen LogP contribution in [0.2, 0.25) is 0 Å². The molecule has 0 spiro atoms. The highest BCUT2D eigenvalue weighted by Crippen LogP contribution is 2.30. The summed E-state index contributed by atoms with van der Waals surface area (Å²) in [5, 5.41) is 84.8. The summed E-state index contributed by atoms with van der Waals surface area (Å²) in [5.41, 5.74) is 6.90. The molecule has 32 nitrogen and oxygen atoms in total. The molecule has 15 atom stereocenters. The minimum Gasteiger partial charge on any atom is -0.480 e. The predicted octanol–water partition coefficient (Wildman–Crippen LogP) is -4.98. The largest absolute Gasteiger partial charge is 0.480 e. The molecule has 18 N–H and O–H groups in total. The van der Waals surface area contributed by atoms with Crippen LogP contribution in [0.3, 0.4) is 0 Å². The Morgan fingerprint density at radius 2 is 1.31 bits per heavy atom. The van der Waals surface area contributed by atoms with E-state index in [-0.39, 0.29) is 19.4 Å². The summed E-state index contributed by atoms with van der Waals surface area (Å²) in [4.78, 5) is 176. The Morgan fingerprint density at radius 1 is 0.725 bits per heavy atom. The number of carboxylic acids is 1. The number of carbonyl (C=O) groups excluding carboxylic acids is 11. The van der Waals surface area contributed by atoms with Crippen molar-refractivity contribution in [3.63, 3.8) is 0 Å². The first kappa shape index (κ1) is 69.1. The number of aromatic nitrogens is 2. The van der Waals surface area contributed by atoms with Crippen molar-refractivity contribution in [1.82, 2.24) is 62.3 Å². The molecule has 0 radical (unpaired) electrons. The van der Waals surface area contributed by atoms with Gasteiger partial charge in [-0.1, -0.05) is 57.2 Å². The van der Waals surface area contributed by atoms with E-state index in [1.165, 1.54) is 26.1 Å². The molecular weight excluding hydrogens is 1190 g/mol. The van der Waals surface area contributed by atoms with Gasteiger partial charge in [0.15, 0.2) is 6.04 Å². The number of carboxylic acid groups (broad SMARTS) is 1. The van der Waals surface area contributed by atoms with Crippen LogP contribution in [0.5, 0.6) is 0 Å². The maximum absolute atomic E-state index is 15.4. The standard InChI is InChI=1S/C59H77N13O19/c1-25(2)49(79)46-55(85)67-43(26(3)33-22-62-36-14-10-8-12-32(33)36)52(82)66-37(19-30-21-61-35-13-9-7-11-31(30)35)57(87)72-18-16-40(76)48(72)59(90)91-29(6)45(69-51(81)38(24-73)65-41(77)20-34(60)58(88)89)54(84)68-44(28(5)74)53(83)64-27(4)50(80)63-23-42(78)71-17-15-39(75)47(71)56(86)70-46/h7-14,19,21-22,25-29,34,38-40,43-49,61-62,73-76,79H,15-18,20,23-24,60H2,1-6H3,(H,63,80)(H,64,83)(H,65,77)(H,66,82)(H,67,85)(H,68,84)(H,69,81)(H,70,86)(H,88,89)/b37-19-/t26?,27-,28-,29-,34-,38-,39-,40-,43+,44-,45?,46?,47-,48+,49-/m0/s1. The van der Waals surface area contributed by atoms with Crippen LogP contribution in [0.4, 0.5) is 0 Å². The van der Waals surface area contributed by atoms with Gasteiger partial charge in [0.25, 0.3) is 5.91 Å². The molecule has 3 saturated heterocycles. The minimum atomic E-state index is -2.18. The summed E-state index contributed by atoms with van der Waals surface area (Å²) in [6.45, 7) is 5.20. The topological polar surface area (TPSA) is 496 Å². The van der Waals surface area contributed by atoms with Crippen LogP contribution in [0.1, 0.15) is 77.8 Å². The molecule has 91 heavy (non-hydrogen) atoms. The van der Waals surface area contributed by atoms with Gasteiger partial charge in [-0.25, -0.2) is 4.79 Å². The lowest BCUT2D eigenvalue weighted by Crippen LogP contribution is -2.63. The van der Waals surface area contributed by atoms with Crippen molar-refractivity contribution >= 4 is 98.9 Å². The summed E-state index contributed by atoms with van der Waals surface area (Å²) >= 11 is 0. The van der Waals surface area contributed by atoms with Crippen LogP contribution < -0.4 is 48.3 Å². The van der Waals surface area contributed by atoms with Crippen LogP contribution in [-0.2, 0) is 62.3 Å². The van der Waals surface area contributed by atoms with Gasteiger partial charge in [0, 0.05) is 58.8 Å².